The van der Waals surface area contributed by atoms with Gasteiger partial charge in [-0.15, -0.1) is 0 Å². The maximum Gasteiger partial charge on any atom is 0.315 e. The zero-order valence-corrected chi connectivity index (χ0v) is 15.2. The molecule has 2 heterocycles. The molecule has 1 aliphatic heterocycles. The summed E-state index contributed by atoms with van der Waals surface area (Å²) in [7, 11) is 0. The van der Waals surface area contributed by atoms with E-state index in [1.54, 1.807) is 10.7 Å². The molecule has 0 radical (unpaired) electrons. The number of amides is 2. The molecule has 0 aromatic carbocycles. The van der Waals surface area contributed by atoms with Crippen LogP contribution >= 0.6 is 0 Å². The van der Waals surface area contributed by atoms with E-state index in [4.69, 9.17) is 4.74 Å². The summed E-state index contributed by atoms with van der Waals surface area (Å²) in [5.74, 6) is 0.550. The summed E-state index contributed by atoms with van der Waals surface area (Å²) in [6.07, 6.45) is 7.65. The van der Waals surface area contributed by atoms with Gasteiger partial charge in [-0.3, -0.25) is 4.79 Å². The quantitative estimate of drug-likeness (QED) is 0.861. The van der Waals surface area contributed by atoms with Crippen LogP contribution in [0.3, 0.4) is 0 Å². The summed E-state index contributed by atoms with van der Waals surface area (Å²) < 4.78 is 7.00. The number of rotatable bonds is 4. The number of carbonyl (C=O) groups excluding carboxylic acids is 1. The fourth-order valence-electron chi connectivity index (χ4n) is 4.02. The minimum absolute atomic E-state index is 0.0110. The molecule has 142 valence electrons. The Kier molecular flexibility index (Phi) is 5.24. The third-order valence-corrected chi connectivity index (χ3v) is 5.78. The Morgan fingerprint density at radius 2 is 1.62 bits per heavy atom. The van der Waals surface area contributed by atoms with Gasteiger partial charge in [0.1, 0.15) is 0 Å². The number of ether oxygens (including phenoxy) is 1. The number of nitrogens with one attached hydrogen (secondary N) is 2. The first-order valence-corrected chi connectivity index (χ1v) is 9.93. The van der Waals surface area contributed by atoms with Gasteiger partial charge in [0.15, 0.2) is 0 Å². The molecule has 2 amide bonds. The molecule has 2 N–H and O–H groups in total. The fourth-order valence-corrected chi connectivity index (χ4v) is 4.02. The highest BCUT2D eigenvalue weighted by Crippen LogP contribution is 2.38. The topological polar surface area (TPSA) is 85.2 Å². The van der Waals surface area contributed by atoms with Gasteiger partial charge in [-0.1, -0.05) is 0 Å². The summed E-state index contributed by atoms with van der Waals surface area (Å²) >= 11 is 0. The minimum Gasteiger partial charge on any atom is -0.381 e. The van der Waals surface area contributed by atoms with Crippen molar-refractivity contribution in [3.63, 3.8) is 0 Å². The molecular formula is C19H28N4O3. The second kappa shape index (κ2) is 7.78. The van der Waals surface area contributed by atoms with Crippen LogP contribution in [-0.2, 0) is 4.74 Å². The Balaban J connectivity index is 1.28. The van der Waals surface area contributed by atoms with Crippen molar-refractivity contribution >= 4 is 6.03 Å². The number of carbonyl (C=O) groups is 1. The number of nitrogens with zero attached hydrogens (tertiary/aromatic N) is 2. The lowest BCUT2D eigenvalue weighted by atomic mass is 9.91. The second-order valence-corrected chi connectivity index (χ2v) is 7.83. The maximum absolute atomic E-state index is 12.2. The SMILES string of the molecule is O=C(NC1CCOCC1)NC1CCC(n2nc(C3CC3)ccc2=O)CC1. The van der Waals surface area contributed by atoms with Gasteiger partial charge in [-0.05, 0) is 57.4 Å². The van der Waals surface area contributed by atoms with E-state index in [-0.39, 0.29) is 29.7 Å². The fraction of sp³-hybridized carbons (Fsp3) is 0.737. The summed E-state index contributed by atoms with van der Waals surface area (Å²) in [6, 6.07) is 4.00. The van der Waals surface area contributed by atoms with Gasteiger partial charge in [-0.25, -0.2) is 9.48 Å². The van der Waals surface area contributed by atoms with Crippen LogP contribution in [0.5, 0.6) is 0 Å². The normalized spacial score (nSPS) is 27.1. The molecule has 1 aromatic heterocycles. The highest BCUT2D eigenvalue weighted by Gasteiger charge is 2.29. The van der Waals surface area contributed by atoms with E-state index >= 15 is 0 Å². The van der Waals surface area contributed by atoms with E-state index in [9.17, 15) is 9.59 Å². The first kappa shape index (κ1) is 17.5. The van der Waals surface area contributed by atoms with Gasteiger partial charge >= 0.3 is 6.03 Å². The van der Waals surface area contributed by atoms with Gasteiger partial charge in [0, 0.05) is 37.3 Å². The Labute approximate surface area is 153 Å². The zero-order valence-electron chi connectivity index (χ0n) is 15.2. The molecule has 4 rings (SSSR count). The lowest BCUT2D eigenvalue weighted by Gasteiger charge is -2.30. The lowest BCUT2D eigenvalue weighted by Crippen LogP contribution is -2.48. The molecular weight excluding hydrogens is 332 g/mol. The molecule has 7 nitrogen and oxygen atoms in total. The van der Waals surface area contributed by atoms with Crippen molar-refractivity contribution in [2.24, 2.45) is 0 Å². The van der Waals surface area contributed by atoms with Crippen molar-refractivity contribution in [2.75, 3.05) is 13.2 Å². The standard InChI is InChI=1S/C19H28N4O3/c24-18-8-7-17(13-1-2-13)22-23(18)16-5-3-14(4-6-16)20-19(25)21-15-9-11-26-12-10-15/h7-8,13-16H,1-6,9-12H2,(H2,20,21,25). The first-order chi connectivity index (χ1) is 12.7. The summed E-state index contributed by atoms with van der Waals surface area (Å²) in [4.78, 5) is 24.4. The van der Waals surface area contributed by atoms with Crippen LogP contribution in [0.15, 0.2) is 16.9 Å². The van der Waals surface area contributed by atoms with Crippen molar-refractivity contribution in [1.29, 1.82) is 0 Å². The number of aromatic nitrogens is 2. The number of hydrogen-bond donors (Lipinski definition) is 2. The van der Waals surface area contributed by atoms with Crippen molar-refractivity contribution in [3.05, 3.63) is 28.2 Å². The van der Waals surface area contributed by atoms with E-state index in [2.05, 4.69) is 15.7 Å². The van der Waals surface area contributed by atoms with Crippen molar-refractivity contribution in [3.8, 4) is 0 Å². The molecule has 1 aromatic rings. The number of hydrogen-bond acceptors (Lipinski definition) is 4. The average molecular weight is 360 g/mol. The van der Waals surface area contributed by atoms with E-state index in [0.717, 1.165) is 57.4 Å². The van der Waals surface area contributed by atoms with Crippen molar-refractivity contribution in [2.45, 2.75) is 75.4 Å². The van der Waals surface area contributed by atoms with Gasteiger partial charge in [0.05, 0.1) is 11.7 Å². The van der Waals surface area contributed by atoms with Crippen LogP contribution in [0.2, 0.25) is 0 Å². The molecule has 2 saturated carbocycles. The van der Waals surface area contributed by atoms with Gasteiger partial charge in [0.25, 0.3) is 5.56 Å². The molecule has 0 spiro atoms. The molecule has 2 aliphatic carbocycles. The summed E-state index contributed by atoms with van der Waals surface area (Å²) in [6.45, 7) is 1.44. The second-order valence-electron chi connectivity index (χ2n) is 7.83. The third kappa shape index (κ3) is 4.26. The molecule has 3 fully saturated rings. The lowest BCUT2D eigenvalue weighted by molar-refractivity contribution is 0.0798. The highest BCUT2D eigenvalue weighted by molar-refractivity contribution is 5.74. The third-order valence-electron chi connectivity index (χ3n) is 5.78. The van der Waals surface area contributed by atoms with Crippen LogP contribution in [-0.4, -0.2) is 41.1 Å². The molecule has 26 heavy (non-hydrogen) atoms. The van der Waals surface area contributed by atoms with E-state index < -0.39 is 0 Å². The van der Waals surface area contributed by atoms with Crippen molar-refractivity contribution < 1.29 is 9.53 Å². The monoisotopic (exact) mass is 360 g/mol. The smallest absolute Gasteiger partial charge is 0.315 e. The van der Waals surface area contributed by atoms with Crippen LogP contribution < -0.4 is 16.2 Å². The maximum atomic E-state index is 12.2. The molecule has 1 saturated heterocycles. The Morgan fingerprint density at radius 3 is 2.27 bits per heavy atom. The summed E-state index contributed by atoms with van der Waals surface area (Å²) in [5, 5.41) is 10.8. The Morgan fingerprint density at radius 1 is 0.962 bits per heavy atom. The van der Waals surface area contributed by atoms with Crippen LogP contribution in [0.1, 0.15) is 69.0 Å². The van der Waals surface area contributed by atoms with Crippen molar-refractivity contribution in [1.82, 2.24) is 20.4 Å². The predicted octanol–water partition coefficient (Wildman–Crippen LogP) is 2.08. The molecule has 0 bridgehead atoms. The van der Waals surface area contributed by atoms with E-state index in [1.165, 1.54) is 12.8 Å². The number of urea groups is 1. The van der Waals surface area contributed by atoms with E-state index in [1.807, 2.05) is 6.07 Å². The minimum atomic E-state index is -0.0774. The molecule has 0 unspecified atom stereocenters. The van der Waals surface area contributed by atoms with Crippen LogP contribution in [0.25, 0.3) is 0 Å². The highest BCUT2D eigenvalue weighted by atomic mass is 16.5. The predicted molar refractivity (Wildman–Crippen MR) is 97.3 cm³/mol. The Hall–Kier alpha value is -1.89. The average Bonchev–Trinajstić information content (AvgIpc) is 3.49. The first-order valence-electron chi connectivity index (χ1n) is 9.93. The molecule has 0 atom stereocenters. The molecule has 3 aliphatic rings. The van der Waals surface area contributed by atoms with Gasteiger partial charge in [-0.2, -0.15) is 5.10 Å². The van der Waals surface area contributed by atoms with Crippen LogP contribution in [0.4, 0.5) is 4.79 Å². The van der Waals surface area contributed by atoms with Crippen LogP contribution in [0, 0.1) is 0 Å². The largest absolute Gasteiger partial charge is 0.381 e. The van der Waals surface area contributed by atoms with E-state index in [0.29, 0.717) is 5.92 Å². The Bertz CT molecular complexity index is 686. The summed E-state index contributed by atoms with van der Waals surface area (Å²) in [5.41, 5.74) is 1.05. The molecule has 7 heteroatoms. The van der Waals surface area contributed by atoms with Gasteiger partial charge in [0.2, 0.25) is 0 Å². The zero-order chi connectivity index (χ0) is 17.9. The van der Waals surface area contributed by atoms with Gasteiger partial charge < -0.3 is 15.4 Å².